The molecule has 17 heavy (non-hydrogen) atoms. The zero-order chi connectivity index (χ0) is 12.1. The molecule has 0 bridgehead atoms. The van der Waals surface area contributed by atoms with Crippen LogP contribution in [0.25, 0.3) is 12.2 Å². The molecule has 0 N–H and O–H groups in total. The molecule has 1 heterocycles. The molecule has 0 saturated carbocycles. The molecule has 0 radical (unpaired) electrons. The Morgan fingerprint density at radius 2 is 2.00 bits per heavy atom. The van der Waals surface area contributed by atoms with Crippen molar-refractivity contribution in [1.29, 1.82) is 0 Å². The van der Waals surface area contributed by atoms with Gasteiger partial charge in [-0.25, -0.2) is 0 Å². The van der Waals surface area contributed by atoms with Gasteiger partial charge in [0.1, 0.15) is 0 Å². The van der Waals surface area contributed by atoms with E-state index >= 15 is 0 Å². The van der Waals surface area contributed by atoms with Gasteiger partial charge in [0.25, 0.3) is 5.69 Å². The first-order valence-corrected chi connectivity index (χ1v) is 5.09. The Labute approximate surface area is 98.4 Å². The van der Waals surface area contributed by atoms with Crippen LogP contribution in [0.4, 0.5) is 5.69 Å². The van der Waals surface area contributed by atoms with E-state index in [1.165, 1.54) is 12.1 Å². The van der Waals surface area contributed by atoms with Crippen molar-refractivity contribution in [3.63, 3.8) is 0 Å². The van der Waals surface area contributed by atoms with E-state index in [-0.39, 0.29) is 5.69 Å². The van der Waals surface area contributed by atoms with E-state index < -0.39 is 4.92 Å². The Hall–Kier alpha value is -2.49. The molecule has 0 aliphatic carbocycles. The van der Waals surface area contributed by atoms with Crippen LogP contribution in [0.5, 0.6) is 0 Å². The summed E-state index contributed by atoms with van der Waals surface area (Å²) < 4.78 is 0. The number of hydrogen-bond acceptors (Lipinski definition) is 3. The van der Waals surface area contributed by atoms with Crippen molar-refractivity contribution in [2.45, 2.75) is 0 Å². The predicted octanol–water partition coefficient (Wildman–Crippen LogP) is 3.16. The molecule has 1 aromatic heterocycles. The van der Waals surface area contributed by atoms with Crippen LogP contribution in [0.1, 0.15) is 11.3 Å². The van der Waals surface area contributed by atoms with E-state index in [0.717, 1.165) is 11.3 Å². The van der Waals surface area contributed by atoms with Gasteiger partial charge in [0, 0.05) is 18.3 Å². The summed E-state index contributed by atoms with van der Waals surface area (Å²) >= 11 is 0. The second kappa shape index (κ2) is 5.03. The number of rotatable bonds is 3. The lowest BCUT2D eigenvalue weighted by atomic mass is 10.2. The van der Waals surface area contributed by atoms with Crippen molar-refractivity contribution in [2.75, 3.05) is 0 Å². The molecule has 4 nitrogen and oxygen atoms in total. The zero-order valence-corrected chi connectivity index (χ0v) is 8.98. The van der Waals surface area contributed by atoms with Crippen molar-refractivity contribution in [3.05, 3.63) is 70.0 Å². The highest BCUT2D eigenvalue weighted by molar-refractivity contribution is 5.68. The molecule has 0 saturated heterocycles. The number of nitro benzene ring substituents is 1. The molecule has 2 rings (SSSR count). The van der Waals surface area contributed by atoms with Crippen LogP contribution in [0.2, 0.25) is 0 Å². The van der Waals surface area contributed by atoms with E-state index in [4.69, 9.17) is 0 Å². The maximum atomic E-state index is 10.6. The number of non-ortho nitro benzene ring substituents is 1. The van der Waals surface area contributed by atoms with E-state index in [2.05, 4.69) is 4.98 Å². The van der Waals surface area contributed by atoms with Gasteiger partial charge in [-0.3, -0.25) is 15.1 Å². The maximum Gasteiger partial charge on any atom is 0.270 e. The van der Waals surface area contributed by atoms with Gasteiger partial charge >= 0.3 is 0 Å². The largest absolute Gasteiger partial charge is 0.270 e. The summed E-state index contributed by atoms with van der Waals surface area (Å²) in [4.78, 5) is 14.3. The smallest absolute Gasteiger partial charge is 0.258 e. The summed E-state index contributed by atoms with van der Waals surface area (Å²) in [7, 11) is 0. The van der Waals surface area contributed by atoms with E-state index in [1.807, 2.05) is 30.3 Å². The first-order chi connectivity index (χ1) is 8.25. The van der Waals surface area contributed by atoms with Crippen LogP contribution in [0.3, 0.4) is 0 Å². The number of pyridine rings is 1. The second-order valence-electron chi connectivity index (χ2n) is 3.44. The standard InChI is InChI=1S/C13H10N2O2/c16-15(17)13-6-3-4-11(10-13)7-8-12-5-1-2-9-14-12/h1-10H/b8-7+. The summed E-state index contributed by atoms with van der Waals surface area (Å²) in [6.07, 6.45) is 5.32. The van der Waals surface area contributed by atoms with Crippen LogP contribution in [0, 0.1) is 10.1 Å². The predicted molar refractivity (Wildman–Crippen MR) is 66.3 cm³/mol. The lowest BCUT2D eigenvalue weighted by Crippen LogP contribution is -1.87. The van der Waals surface area contributed by atoms with E-state index in [0.29, 0.717) is 0 Å². The average molecular weight is 226 g/mol. The topological polar surface area (TPSA) is 56.0 Å². The first-order valence-electron chi connectivity index (χ1n) is 5.09. The number of hydrogen-bond donors (Lipinski definition) is 0. The molecule has 0 spiro atoms. The molecule has 4 heteroatoms. The van der Waals surface area contributed by atoms with Gasteiger partial charge in [-0.05, 0) is 23.8 Å². The van der Waals surface area contributed by atoms with Crippen molar-refractivity contribution in [2.24, 2.45) is 0 Å². The minimum atomic E-state index is -0.405. The number of benzene rings is 1. The molecular formula is C13H10N2O2. The molecule has 84 valence electrons. The van der Waals surface area contributed by atoms with Gasteiger partial charge in [-0.15, -0.1) is 0 Å². The van der Waals surface area contributed by atoms with Gasteiger partial charge in [-0.2, -0.15) is 0 Å². The minimum Gasteiger partial charge on any atom is -0.258 e. The maximum absolute atomic E-state index is 10.6. The Kier molecular flexibility index (Phi) is 3.25. The lowest BCUT2D eigenvalue weighted by Gasteiger charge is -1.94. The highest BCUT2D eigenvalue weighted by Crippen LogP contribution is 2.15. The molecule has 0 aliphatic heterocycles. The van der Waals surface area contributed by atoms with E-state index in [1.54, 1.807) is 18.3 Å². The summed E-state index contributed by atoms with van der Waals surface area (Å²) in [5, 5.41) is 10.6. The van der Waals surface area contributed by atoms with Crippen molar-refractivity contribution >= 4 is 17.8 Å². The third-order valence-corrected chi connectivity index (χ3v) is 2.22. The Morgan fingerprint density at radius 3 is 2.71 bits per heavy atom. The van der Waals surface area contributed by atoms with Crippen molar-refractivity contribution < 1.29 is 4.92 Å². The normalized spacial score (nSPS) is 10.6. The highest BCUT2D eigenvalue weighted by Gasteiger charge is 2.03. The number of aromatic nitrogens is 1. The monoisotopic (exact) mass is 226 g/mol. The fraction of sp³-hybridized carbons (Fsp3) is 0. The van der Waals surface area contributed by atoms with Gasteiger partial charge in [0.2, 0.25) is 0 Å². The second-order valence-corrected chi connectivity index (χ2v) is 3.44. The van der Waals surface area contributed by atoms with Gasteiger partial charge in [-0.1, -0.05) is 24.3 Å². The molecule has 0 unspecified atom stereocenters. The van der Waals surface area contributed by atoms with Crippen LogP contribution >= 0.6 is 0 Å². The number of nitrogens with zero attached hydrogens (tertiary/aromatic N) is 2. The first kappa shape index (κ1) is 11.0. The Morgan fingerprint density at radius 1 is 1.12 bits per heavy atom. The molecule has 2 aromatic rings. The molecular weight excluding hydrogens is 216 g/mol. The van der Waals surface area contributed by atoms with Gasteiger partial charge < -0.3 is 0 Å². The summed E-state index contributed by atoms with van der Waals surface area (Å²) in [6, 6.07) is 12.1. The highest BCUT2D eigenvalue weighted by atomic mass is 16.6. The summed E-state index contributed by atoms with van der Waals surface area (Å²) in [6.45, 7) is 0. The average Bonchev–Trinajstić information content (AvgIpc) is 2.38. The molecule has 1 aromatic carbocycles. The molecule has 0 aliphatic rings. The minimum absolute atomic E-state index is 0.0909. The molecule has 0 atom stereocenters. The summed E-state index contributed by atoms with van der Waals surface area (Å²) in [5.74, 6) is 0. The van der Waals surface area contributed by atoms with Crippen LogP contribution < -0.4 is 0 Å². The molecule has 0 fully saturated rings. The van der Waals surface area contributed by atoms with Crippen LogP contribution in [-0.4, -0.2) is 9.91 Å². The van der Waals surface area contributed by atoms with E-state index in [9.17, 15) is 10.1 Å². The van der Waals surface area contributed by atoms with Gasteiger partial charge in [0.05, 0.1) is 10.6 Å². The van der Waals surface area contributed by atoms with Crippen LogP contribution in [0.15, 0.2) is 48.7 Å². The fourth-order valence-electron chi connectivity index (χ4n) is 1.40. The van der Waals surface area contributed by atoms with Crippen LogP contribution in [-0.2, 0) is 0 Å². The Bertz CT molecular complexity index is 550. The lowest BCUT2D eigenvalue weighted by molar-refractivity contribution is -0.384. The SMILES string of the molecule is O=[N+]([O-])c1cccc(/C=C/c2ccccn2)c1. The van der Waals surface area contributed by atoms with Gasteiger partial charge in [0.15, 0.2) is 0 Å². The fourth-order valence-corrected chi connectivity index (χ4v) is 1.40. The Balaban J connectivity index is 2.22. The van der Waals surface area contributed by atoms with Crippen molar-refractivity contribution in [3.8, 4) is 0 Å². The molecule has 0 amide bonds. The number of nitro groups is 1. The third kappa shape index (κ3) is 2.98. The third-order valence-electron chi connectivity index (χ3n) is 2.22. The van der Waals surface area contributed by atoms with Crippen molar-refractivity contribution in [1.82, 2.24) is 4.98 Å². The quantitative estimate of drug-likeness (QED) is 0.596. The zero-order valence-electron chi connectivity index (χ0n) is 8.98. The summed E-state index contributed by atoms with van der Waals surface area (Å²) in [5.41, 5.74) is 1.69.